The second-order valence-corrected chi connectivity index (χ2v) is 7.09. The number of hydrogen-bond acceptors (Lipinski definition) is 2. The van der Waals surface area contributed by atoms with Gasteiger partial charge in [0.25, 0.3) is 5.91 Å². The summed E-state index contributed by atoms with van der Waals surface area (Å²) in [6.07, 6.45) is 0. The van der Waals surface area contributed by atoms with Gasteiger partial charge in [-0.1, -0.05) is 60.2 Å². The van der Waals surface area contributed by atoms with Crippen molar-refractivity contribution in [3.8, 4) is 0 Å². The Morgan fingerprint density at radius 3 is 2.39 bits per heavy atom. The zero-order valence-electron chi connectivity index (χ0n) is 16.1. The van der Waals surface area contributed by atoms with Crippen LogP contribution in [0.3, 0.4) is 0 Å². The molecule has 0 saturated heterocycles. The number of aryl methyl sites for hydroxylation is 1. The highest BCUT2D eigenvalue weighted by molar-refractivity contribution is 5.94. The van der Waals surface area contributed by atoms with Crippen LogP contribution in [-0.4, -0.2) is 15.5 Å². The van der Waals surface area contributed by atoms with Crippen LogP contribution in [0.25, 0.3) is 11.0 Å². The number of amides is 1. The summed E-state index contributed by atoms with van der Waals surface area (Å²) in [5.74, 6) is 0.757. The number of benzene rings is 3. The van der Waals surface area contributed by atoms with Crippen molar-refractivity contribution in [1.29, 1.82) is 0 Å². The third-order valence-corrected chi connectivity index (χ3v) is 4.92. The standard InChI is InChI=1S/C24H23N3O/c1-17-12-14-19(15-13-17)16-27-22-11-7-6-10-21(22)26-23(27)18(2)25-24(28)20-8-4-3-5-9-20/h3-15,18H,16H2,1-2H3,(H,25,28)/t18-/m1/s1. The second-order valence-electron chi connectivity index (χ2n) is 7.09. The summed E-state index contributed by atoms with van der Waals surface area (Å²) in [6, 6.07) is 25.7. The molecule has 0 fully saturated rings. The van der Waals surface area contributed by atoms with E-state index in [-0.39, 0.29) is 11.9 Å². The first-order valence-corrected chi connectivity index (χ1v) is 9.48. The number of carbonyl (C=O) groups is 1. The predicted molar refractivity (Wildman–Crippen MR) is 112 cm³/mol. The minimum absolute atomic E-state index is 0.0953. The fraction of sp³-hybridized carbons (Fsp3) is 0.167. The van der Waals surface area contributed by atoms with Crippen LogP contribution in [0.4, 0.5) is 0 Å². The Labute approximate surface area is 164 Å². The lowest BCUT2D eigenvalue weighted by atomic mass is 10.1. The van der Waals surface area contributed by atoms with E-state index < -0.39 is 0 Å². The van der Waals surface area contributed by atoms with E-state index in [2.05, 4.69) is 47.1 Å². The molecule has 0 radical (unpaired) electrons. The summed E-state index contributed by atoms with van der Waals surface area (Å²) < 4.78 is 2.19. The van der Waals surface area contributed by atoms with E-state index in [1.807, 2.05) is 55.5 Å². The molecule has 4 heteroatoms. The maximum Gasteiger partial charge on any atom is 0.251 e. The Morgan fingerprint density at radius 1 is 0.964 bits per heavy atom. The van der Waals surface area contributed by atoms with E-state index in [9.17, 15) is 4.79 Å². The number of fused-ring (bicyclic) bond motifs is 1. The summed E-state index contributed by atoms with van der Waals surface area (Å²) in [5, 5.41) is 3.09. The number of carbonyl (C=O) groups excluding carboxylic acids is 1. The number of imidazole rings is 1. The fourth-order valence-electron chi connectivity index (χ4n) is 3.40. The summed E-state index contributed by atoms with van der Waals surface area (Å²) >= 11 is 0. The Bertz CT molecular complexity index is 1100. The number of nitrogens with one attached hydrogen (secondary N) is 1. The number of para-hydroxylation sites is 2. The fourth-order valence-corrected chi connectivity index (χ4v) is 3.40. The van der Waals surface area contributed by atoms with Crippen molar-refractivity contribution in [2.75, 3.05) is 0 Å². The van der Waals surface area contributed by atoms with Crippen molar-refractivity contribution in [2.45, 2.75) is 26.4 Å². The molecule has 4 aromatic rings. The highest BCUT2D eigenvalue weighted by Gasteiger charge is 2.19. The molecule has 1 N–H and O–H groups in total. The Hall–Kier alpha value is -3.40. The highest BCUT2D eigenvalue weighted by atomic mass is 16.1. The average molecular weight is 369 g/mol. The Morgan fingerprint density at radius 2 is 1.64 bits per heavy atom. The van der Waals surface area contributed by atoms with E-state index in [1.54, 1.807) is 0 Å². The van der Waals surface area contributed by atoms with Crippen LogP contribution in [-0.2, 0) is 6.54 Å². The maximum absolute atomic E-state index is 12.6. The molecule has 1 heterocycles. The Kier molecular flexibility index (Phi) is 4.94. The number of rotatable bonds is 5. The van der Waals surface area contributed by atoms with Gasteiger partial charge in [0, 0.05) is 12.1 Å². The summed E-state index contributed by atoms with van der Waals surface area (Å²) in [6.45, 7) is 4.78. The lowest BCUT2D eigenvalue weighted by Gasteiger charge is -2.17. The van der Waals surface area contributed by atoms with Gasteiger partial charge >= 0.3 is 0 Å². The summed E-state index contributed by atoms with van der Waals surface area (Å²) in [5.41, 5.74) is 5.10. The molecule has 1 amide bonds. The summed E-state index contributed by atoms with van der Waals surface area (Å²) in [4.78, 5) is 17.4. The van der Waals surface area contributed by atoms with Crippen molar-refractivity contribution < 1.29 is 4.79 Å². The van der Waals surface area contributed by atoms with Crippen LogP contribution < -0.4 is 5.32 Å². The van der Waals surface area contributed by atoms with Crippen LogP contribution in [0.15, 0.2) is 78.9 Å². The molecule has 3 aromatic carbocycles. The van der Waals surface area contributed by atoms with Crippen molar-refractivity contribution in [1.82, 2.24) is 14.9 Å². The largest absolute Gasteiger partial charge is 0.342 e. The smallest absolute Gasteiger partial charge is 0.251 e. The molecule has 140 valence electrons. The lowest BCUT2D eigenvalue weighted by molar-refractivity contribution is 0.0938. The molecule has 4 nitrogen and oxygen atoms in total. The third kappa shape index (κ3) is 3.67. The average Bonchev–Trinajstić information content (AvgIpc) is 3.09. The minimum Gasteiger partial charge on any atom is -0.342 e. The van der Waals surface area contributed by atoms with Crippen molar-refractivity contribution >= 4 is 16.9 Å². The van der Waals surface area contributed by atoms with E-state index in [1.165, 1.54) is 11.1 Å². The monoisotopic (exact) mass is 369 g/mol. The second kappa shape index (κ2) is 7.69. The molecule has 0 bridgehead atoms. The Balaban J connectivity index is 1.67. The third-order valence-electron chi connectivity index (χ3n) is 4.92. The van der Waals surface area contributed by atoms with Crippen LogP contribution in [0.2, 0.25) is 0 Å². The first-order valence-electron chi connectivity index (χ1n) is 9.48. The number of nitrogens with zero attached hydrogens (tertiary/aromatic N) is 2. The molecule has 0 aliphatic carbocycles. The summed E-state index contributed by atoms with van der Waals surface area (Å²) in [7, 11) is 0. The molecule has 4 rings (SSSR count). The van der Waals surface area contributed by atoms with Crippen LogP contribution in [0.1, 0.15) is 40.3 Å². The lowest BCUT2D eigenvalue weighted by Crippen LogP contribution is -2.28. The van der Waals surface area contributed by atoms with Gasteiger partial charge < -0.3 is 9.88 Å². The maximum atomic E-state index is 12.6. The first kappa shape index (κ1) is 18.0. The van der Waals surface area contributed by atoms with Gasteiger partial charge in [-0.2, -0.15) is 0 Å². The number of aromatic nitrogens is 2. The molecule has 1 aromatic heterocycles. The quantitative estimate of drug-likeness (QED) is 0.545. The van der Waals surface area contributed by atoms with Gasteiger partial charge in [0.2, 0.25) is 0 Å². The number of hydrogen-bond donors (Lipinski definition) is 1. The van der Waals surface area contributed by atoms with Crippen molar-refractivity contribution in [3.05, 3.63) is 101 Å². The molecule has 0 unspecified atom stereocenters. The van der Waals surface area contributed by atoms with E-state index in [4.69, 9.17) is 4.98 Å². The van der Waals surface area contributed by atoms with E-state index >= 15 is 0 Å². The highest BCUT2D eigenvalue weighted by Crippen LogP contribution is 2.23. The first-order chi connectivity index (χ1) is 13.6. The predicted octanol–water partition coefficient (Wildman–Crippen LogP) is 4.88. The van der Waals surface area contributed by atoms with Gasteiger partial charge in [-0.05, 0) is 43.7 Å². The SMILES string of the molecule is Cc1ccc(Cn2c([C@@H](C)NC(=O)c3ccccc3)nc3ccccc32)cc1. The van der Waals surface area contributed by atoms with Gasteiger partial charge in [0.05, 0.1) is 17.1 Å². The molecule has 1 atom stereocenters. The van der Waals surface area contributed by atoms with Crippen LogP contribution >= 0.6 is 0 Å². The molecule has 0 saturated carbocycles. The molecule has 0 aliphatic rings. The topological polar surface area (TPSA) is 46.9 Å². The van der Waals surface area contributed by atoms with Gasteiger partial charge in [0.15, 0.2) is 0 Å². The molecule has 28 heavy (non-hydrogen) atoms. The van der Waals surface area contributed by atoms with Crippen LogP contribution in [0.5, 0.6) is 0 Å². The molecule has 0 aliphatic heterocycles. The van der Waals surface area contributed by atoms with E-state index in [0.29, 0.717) is 12.1 Å². The van der Waals surface area contributed by atoms with Crippen LogP contribution in [0, 0.1) is 6.92 Å². The van der Waals surface area contributed by atoms with Gasteiger partial charge in [-0.25, -0.2) is 4.98 Å². The van der Waals surface area contributed by atoms with E-state index in [0.717, 1.165) is 16.9 Å². The van der Waals surface area contributed by atoms with Gasteiger partial charge in [-0.3, -0.25) is 4.79 Å². The zero-order valence-corrected chi connectivity index (χ0v) is 16.1. The van der Waals surface area contributed by atoms with Crippen molar-refractivity contribution in [2.24, 2.45) is 0 Å². The molecular formula is C24H23N3O. The molecular weight excluding hydrogens is 346 g/mol. The van der Waals surface area contributed by atoms with Gasteiger partial charge in [-0.15, -0.1) is 0 Å². The molecule has 0 spiro atoms. The normalized spacial score (nSPS) is 12.1. The zero-order chi connectivity index (χ0) is 19.5. The van der Waals surface area contributed by atoms with Gasteiger partial charge in [0.1, 0.15) is 5.82 Å². The minimum atomic E-state index is -0.217. The van der Waals surface area contributed by atoms with Crippen molar-refractivity contribution in [3.63, 3.8) is 0 Å².